The molecule has 1 aliphatic rings. The number of nitrogens with zero attached hydrogens (tertiary/aromatic N) is 1. The van der Waals surface area contributed by atoms with Crippen molar-refractivity contribution in [3.8, 4) is 12.3 Å². The van der Waals surface area contributed by atoms with Crippen LogP contribution in [0.15, 0.2) is 4.99 Å². The fourth-order valence-corrected chi connectivity index (χ4v) is 1.64. The van der Waals surface area contributed by atoms with E-state index >= 15 is 0 Å². The predicted molar refractivity (Wildman–Crippen MR) is 58.6 cm³/mol. The highest BCUT2D eigenvalue weighted by atomic mass is 32.1. The van der Waals surface area contributed by atoms with E-state index in [4.69, 9.17) is 24.4 Å². The maximum absolute atomic E-state index is 5.53. The Bertz CT molecular complexity index is 277. The van der Waals surface area contributed by atoms with Gasteiger partial charge in [0.15, 0.2) is 0 Å². The Kier molecular flexibility index (Phi) is 3.26. The van der Waals surface area contributed by atoms with Gasteiger partial charge in [0.1, 0.15) is 0 Å². The summed E-state index contributed by atoms with van der Waals surface area (Å²) in [5, 5.41) is 3.19. The number of hydrogen-bond acceptors (Lipinski definition) is 3. The summed E-state index contributed by atoms with van der Waals surface area (Å²) in [6, 6.07) is 0.153. The second kappa shape index (κ2) is 4.24. The van der Waals surface area contributed by atoms with Crippen LogP contribution in [-0.2, 0) is 0 Å². The van der Waals surface area contributed by atoms with E-state index in [1.54, 1.807) is 0 Å². The number of nitrogens with two attached hydrogens (primary N) is 1. The van der Waals surface area contributed by atoms with E-state index in [1.165, 1.54) is 0 Å². The highest BCUT2D eigenvalue weighted by Crippen LogP contribution is 2.10. The Labute approximate surface area is 83.8 Å². The summed E-state index contributed by atoms with van der Waals surface area (Å²) in [6.07, 6.45) is 6.25. The quantitative estimate of drug-likeness (QED) is 0.492. The van der Waals surface area contributed by atoms with E-state index in [0.29, 0.717) is 4.99 Å². The van der Waals surface area contributed by atoms with Crippen LogP contribution in [0.1, 0.15) is 13.3 Å². The van der Waals surface area contributed by atoms with Gasteiger partial charge in [0.25, 0.3) is 0 Å². The molecular formula is C9H13N3S. The van der Waals surface area contributed by atoms with Crippen LogP contribution >= 0.6 is 12.2 Å². The zero-order chi connectivity index (χ0) is 9.84. The summed E-state index contributed by atoms with van der Waals surface area (Å²) in [5.74, 6) is 3.35. The van der Waals surface area contributed by atoms with Crippen molar-refractivity contribution in [3.05, 3.63) is 0 Å². The first-order valence-corrected chi connectivity index (χ1v) is 4.59. The minimum atomic E-state index is -0.166. The topological polar surface area (TPSA) is 50.4 Å². The van der Waals surface area contributed by atoms with Gasteiger partial charge in [-0.1, -0.05) is 18.1 Å². The van der Waals surface area contributed by atoms with Crippen LogP contribution in [0.25, 0.3) is 0 Å². The number of thiocarbonyl (C=S) groups is 1. The second-order valence-electron chi connectivity index (χ2n) is 3.05. The zero-order valence-electron chi connectivity index (χ0n) is 7.58. The summed E-state index contributed by atoms with van der Waals surface area (Å²) < 4.78 is 0. The Morgan fingerprint density at radius 2 is 2.62 bits per heavy atom. The third-order valence-electron chi connectivity index (χ3n) is 2.07. The molecule has 3 N–H and O–H groups in total. The van der Waals surface area contributed by atoms with Crippen molar-refractivity contribution in [3.63, 3.8) is 0 Å². The van der Waals surface area contributed by atoms with E-state index in [2.05, 4.69) is 16.2 Å². The molecular weight excluding hydrogens is 182 g/mol. The van der Waals surface area contributed by atoms with Crippen LogP contribution in [0.4, 0.5) is 0 Å². The zero-order valence-corrected chi connectivity index (χ0v) is 8.40. The summed E-state index contributed by atoms with van der Waals surface area (Å²) >= 11 is 4.89. The molecule has 0 bridgehead atoms. The largest absolute Gasteiger partial charge is 0.392 e. The average Bonchev–Trinajstić information content (AvgIpc) is 2.04. The highest BCUT2D eigenvalue weighted by Gasteiger charge is 2.23. The minimum Gasteiger partial charge on any atom is -0.392 e. The molecule has 0 aromatic rings. The summed E-state index contributed by atoms with van der Waals surface area (Å²) in [6.45, 7) is 2.71. The molecule has 4 heteroatoms. The molecule has 1 aliphatic heterocycles. The van der Waals surface area contributed by atoms with E-state index in [1.807, 2.05) is 6.92 Å². The Hall–Kier alpha value is -1.08. The van der Waals surface area contributed by atoms with Gasteiger partial charge in [-0.25, -0.2) is 0 Å². The predicted octanol–water partition coefficient (Wildman–Crippen LogP) is 0.302. The first-order valence-electron chi connectivity index (χ1n) is 4.18. The minimum absolute atomic E-state index is 0.153. The molecule has 0 spiro atoms. The Morgan fingerprint density at radius 1 is 1.92 bits per heavy atom. The van der Waals surface area contributed by atoms with Gasteiger partial charge in [0.2, 0.25) is 0 Å². The summed E-state index contributed by atoms with van der Waals surface area (Å²) in [4.78, 5) is 4.59. The van der Waals surface area contributed by atoms with Crippen LogP contribution in [-0.4, -0.2) is 23.4 Å². The first-order chi connectivity index (χ1) is 6.15. The van der Waals surface area contributed by atoms with Crippen molar-refractivity contribution in [1.82, 2.24) is 5.32 Å². The van der Waals surface area contributed by atoms with E-state index < -0.39 is 0 Å². The molecule has 2 atom stereocenters. The fourth-order valence-electron chi connectivity index (χ4n) is 1.40. The van der Waals surface area contributed by atoms with Gasteiger partial charge in [-0.2, -0.15) is 0 Å². The standard InChI is InChI=1S/C9H13N3S/c1-3-7(9(10)13)8-4-5-11-6(2)12-8/h1,7-8H,4-5H2,2H3,(H2,10,13)(H,11,12). The van der Waals surface area contributed by atoms with Crippen molar-refractivity contribution in [1.29, 1.82) is 0 Å². The average molecular weight is 195 g/mol. The lowest BCUT2D eigenvalue weighted by atomic mass is 9.96. The molecule has 70 valence electrons. The van der Waals surface area contributed by atoms with Gasteiger partial charge in [-0.05, 0) is 13.3 Å². The number of aliphatic imine (C=N–C) groups is 1. The maximum atomic E-state index is 5.53. The van der Waals surface area contributed by atoms with Crippen molar-refractivity contribution in [2.24, 2.45) is 16.6 Å². The lowest BCUT2D eigenvalue weighted by molar-refractivity contribution is 0.507. The molecule has 2 unspecified atom stereocenters. The van der Waals surface area contributed by atoms with Gasteiger partial charge in [-0.15, -0.1) is 6.42 Å². The molecule has 0 radical (unpaired) electrons. The molecule has 0 aromatic heterocycles. The molecule has 1 rings (SSSR count). The number of amidine groups is 1. The maximum Gasteiger partial charge on any atom is 0.0934 e. The lowest BCUT2D eigenvalue weighted by Gasteiger charge is -2.27. The van der Waals surface area contributed by atoms with Gasteiger partial charge in [0, 0.05) is 12.6 Å². The summed E-state index contributed by atoms with van der Waals surface area (Å²) in [7, 11) is 0. The van der Waals surface area contributed by atoms with Gasteiger partial charge < -0.3 is 11.1 Å². The van der Waals surface area contributed by atoms with Gasteiger partial charge in [0.05, 0.1) is 16.7 Å². The molecule has 13 heavy (non-hydrogen) atoms. The van der Waals surface area contributed by atoms with E-state index in [-0.39, 0.29) is 12.0 Å². The molecule has 0 amide bonds. The smallest absolute Gasteiger partial charge is 0.0934 e. The normalized spacial score (nSPS) is 23.7. The number of terminal acetylenes is 1. The molecule has 0 aromatic carbocycles. The van der Waals surface area contributed by atoms with Crippen LogP contribution < -0.4 is 11.1 Å². The summed E-state index contributed by atoms with van der Waals surface area (Å²) in [5.41, 5.74) is 5.53. The van der Waals surface area contributed by atoms with Crippen LogP contribution in [0.5, 0.6) is 0 Å². The van der Waals surface area contributed by atoms with Crippen molar-refractivity contribution in [2.45, 2.75) is 19.4 Å². The van der Waals surface area contributed by atoms with Crippen LogP contribution in [0.3, 0.4) is 0 Å². The van der Waals surface area contributed by atoms with Gasteiger partial charge in [-0.3, -0.25) is 4.99 Å². The first kappa shape index (κ1) is 10.0. The monoisotopic (exact) mass is 195 g/mol. The fraction of sp³-hybridized carbons (Fsp3) is 0.556. The molecule has 0 saturated carbocycles. The number of hydrogen-bond donors (Lipinski definition) is 2. The molecule has 0 fully saturated rings. The highest BCUT2D eigenvalue weighted by molar-refractivity contribution is 7.80. The number of rotatable bonds is 2. The van der Waals surface area contributed by atoms with Gasteiger partial charge >= 0.3 is 0 Å². The van der Waals surface area contributed by atoms with Crippen LogP contribution in [0, 0.1) is 18.3 Å². The van der Waals surface area contributed by atoms with Crippen molar-refractivity contribution in [2.75, 3.05) is 6.54 Å². The van der Waals surface area contributed by atoms with E-state index in [0.717, 1.165) is 18.8 Å². The number of nitrogens with one attached hydrogen (secondary N) is 1. The second-order valence-corrected chi connectivity index (χ2v) is 3.52. The third kappa shape index (κ3) is 2.43. The molecule has 1 heterocycles. The van der Waals surface area contributed by atoms with Crippen molar-refractivity contribution >= 4 is 23.0 Å². The Balaban J connectivity index is 2.67. The Morgan fingerprint density at radius 3 is 3.08 bits per heavy atom. The SMILES string of the molecule is C#CC(C(N)=S)C1CCN=C(C)N1. The molecule has 0 aliphatic carbocycles. The van der Waals surface area contributed by atoms with Crippen molar-refractivity contribution < 1.29 is 0 Å². The van der Waals surface area contributed by atoms with Crippen LogP contribution in [0.2, 0.25) is 0 Å². The third-order valence-corrected chi connectivity index (χ3v) is 2.33. The molecule has 3 nitrogen and oxygen atoms in total. The van der Waals surface area contributed by atoms with E-state index in [9.17, 15) is 0 Å². The molecule has 0 saturated heterocycles. The lowest BCUT2D eigenvalue weighted by Crippen LogP contribution is -2.46.